The Morgan fingerprint density at radius 1 is 0.816 bits per heavy atom. The smallest absolute Gasteiger partial charge is 0.313 e. The van der Waals surface area contributed by atoms with Gasteiger partial charge >= 0.3 is 5.97 Å². The number of carbonyl (C=O) groups is 2. The first-order valence-corrected chi connectivity index (χ1v) is 13.3. The zero-order valence-corrected chi connectivity index (χ0v) is 23.0. The lowest BCUT2D eigenvalue weighted by atomic mass is 9.72. The highest BCUT2D eigenvalue weighted by Crippen LogP contribution is 2.40. The van der Waals surface area contributed by atoms with Crippen LogP contribution in [0.15, 0.2) is 84.9 Å². The average molecular weight is 536 g/mol. The number of aliphatic hydroxyl groups is 1. The van der Waals surface area contributed by atoms with Crippen LogP contribution in [0.3, 0.4) is 0 Å². The summed E-state index contributed by atoms with van der Waals surface area (Å²) < 4.78 is 0. The quantitative estimate of drug-likeness (QED) is 0.341. The number of halogens is 1. The summed E-state index contributed by atoms with van der Waals surface area (Å²) in [7, 11) is 0. The van der Waals surface area contributed by atoms with Crippen molar-refractivity contribution in [3.8, 4) is 0 Å². The zero-order valence-electron chi connectivity index (χ0n) is 22.2. The predicted molar refractivity (Wildman–Crippen MR) is 145 cm³/mol. The van der Waals surface area contributed by atoms with E-state index < -0.39 is 17.0 Å². The Bertz CT molecular complexity index is 1150. The maximum atomic E-state index is 12.7. The van der Waals surface area contributed by atoms with Gasteiger partial charge in [0.25, 0.3) is 0 Å². The average Bonchev–Trinajstić information content (AvgIpc) is 2.94. The molecule has 38 heavy (non-hydrogen) atoms. The van der Waals surface area contributed by atoms with Crippen molar-refractivity contribution in [2.45, 2.75) is 50.5 Å². The van der Waals surface area contributed by atoms with E-state index in [0.717, 1.165) is 50.0 Å². The number of rotatable bonds is 10. The minimum Gasteiger partial charge on any atom is -1.00 e. The number of hydrogen-bond acceptors (Lipinski definition) is 3. The molecule has 1 saturated heterocycles. The molecule has 1 fully saturated rings. The molecule has 3 aromatic carbocycles. The second-order valence-electron chi connectivity index (χ2n) is 10.8. The van der Waals surface area contributed by atoms with Crippen LogP contribution in [0.5, 0.6) is 0 Å². The molecule has 0 atom stereocenters. The highest BCUT2D eigenvalue weighted by atomic mass is 35.5. The first-order valence-electron chi connectivity index (χ1n) is 13.3. The van der Waals surface area contributed by atoms with Crippen molar-refractivity contribution in [2.24, 2.45) is 5.92 Å². The lowest BCUT2D eigenvalue weighted by Gasteiger charge is -2.41. The van der Waals surface area contributed by atoms with Crippen LogP contribution in [0.1, 0.15) is 66.6 Å². The lowest BCUT2D eigenvalue weighted by Crippen LogP contribution is -3.13. The molecule has 0 radical (unpaired) electrons. The van der Waals surface area contributed by atoms with E-state index in [0.29, 0.717) is 17.5 Å². The van der Waals surface area contributed by atoms with E-state index >= 15 is 0 Å². The van der Waals surface area contributed by atoms with E-state index in [1.165, 1.54) is 4.90 Å². The SMILES string of the molecule is CC(C)(C(=O)O)c1ccc(C(=O)CCC[NH+]2CCC(C(O)(c3ccccc3)c3ccccc3)CC2)cc1.[Cl-]. The Morgan fingerprint density at radius 3 is 1.79 bits per heavy atom. The number of hydrogen-bond donors (Lipinski definition) is 3. The second kappa shape index (κ2) is 12.7. The highest BCUT2D eigenvalue weighted by Gasteiger charge is 2.42. The molecular weight excluding hydrogens is 498 g/mol. The maximum Gasteiger partial charge on any atom is 0.313 e. The molecule has 1 heterocycles. The molecular formula is C32H38ClNO4. The topological polar surface area (TPSA) is 79.0 Å². The molecule has 202 valence electrons. The third-order valence-electron chi connectivity index (χ3n) is 8.11. The van der Waals surface area contributed by atoms with E-state index in [-0.39, 0.29) is 24.1 Å². The number of carboxylic acids is 1. The summed E-state index contributed by atoms with van der Waals surface area (Å²) >= 11 is 0. The number of Topliss-reactive ketones (excluding diaryl/α,β-unsaturated/α-hetero) is 1. The fourth-order valence-corrected chi connectivity index (χ4v) is 5.56. The number of piperidine rings is 1. The molecule has 0 bridgehead atoms. The Balaban J connectivity index is 0.00000400. The van der Waals surface area contributed by atoms with Crippen molar-refractivity contribution in [3.05, 3.63) is 107 Å². The number of aliphatic carboxylic acids is 1. The summed E-state index contributed by atoms with van der Waals surface area (Å²) in [6.07, 6.45) is 3.13. The number of carbonyl (C=O) groups excluding carboxylic acids is 1. The highest BCUT2D eigenvalue weighted by molar-refractivity contribution is 5.96. The maximum absolute atomic E-state index is 12.7. The minimum absolute atomic E-state index is 0. The van der Waals surface area contributed by atoms with Gasteiger partial charge < -0.3 is 27.5 Å². The van der Waals surface area contributed by atoms with Crippen LogP contribution >= 0.6 is 0 Å². The molecule has 5 nitrogen and oxygen atoms in total. The van der Waals surface area contributed by atoms with Gasteiger partial charge in [-0.05, 0) is 30.5 Å². The first kappa shape index (κ1) is 29.6. The molecule has 1 aliphatic rings. The van der Waals surface area contributed by atoms with Crippen molar-refractivity contribution in [3.63, 3.8) is 0 Å². The number of likely N-dealkylation sites (tertiary alicyclic amines) is 1. The molecule has 0 amide bonds. The number of carboxylic acid groups (broad SMARTS) is 1. The van der Waals surface area contributed by atoms with E-state index in [9.17, 15) is 19.8 Å². The minimum atomic E-state index is -1.01. The van der Waals surface area contributed by atoms with Crippen LogP contribution in [-0.2, 0) is 15.8 Å². The van der Waals surface area contributed by atoms with Gasteiger partial charge in [0, 0.05) is 37.2 Å². The van der Waals surface area contributed by atoms with Crippen LogP contribution in [0.2, 0.25) is 0 Å². The van der Waals surface area contributed by atoms with Crippen LogP contribution in [0.4, 0.5) is 0 Å². The molecule has 0 aliphatic carbocycles. The molecule has 0 unspecified atom stereocenters. The monoisotopic (exact) mass is 535 g/mol. The Morgan fingerprint density at radius 2 is 1.32 bits per heavy atom. The van der Waals surface area contributed by atoms with Gasteiger partial charge in [-0.25, -0.2) is 0 Å². The van der Waals surface area contributed by atoms with Gasteiger partial charge in [-0.1, -0.05) is 84.9 Å². The summed E-state index contributed by atoms with van der Waals surface area (Å²) in [5.41, 5.74) is 1.22. The van der Waals surface area contributed by atoms with Gasteiger partial charge in [-0.3, -0.25) is 9.59 Å². The molecule has 0 saturated carbocycles. The lowest BCUT2D eigenvalue weighted by molar-refractivity contribution is -0.906. The summed E-state index contributed by atoms with van der Waals surface area (Å²) in [6.45, 7) is 6.20. The molecule has 1 aliphatic heterocycles. The summed E-state index contributed by atoms with van der Waals surface area (Å²) in [5, 5.41) is 21.5. The third-order valence-corrected chi connectivity index (χ3v) is 8.11. The Kier molecular flexibility index (Phi) is 9.88. The van der Waals surface area contributed by atoms with E-state index in [2.05, 4.69) is 0 Å². The van der Waals surface area contributed by atoms with Gasteiger partial charge in [-0.2, -0.15) is 0 Å². The Labute approximate surface area is 231 Å². The zero-order chi connectivity index (χ0) is 26.5. The first-order chi connectivity index (χ1) is 17.7. The van der Waals surface area contributed by atoms with Gasteiger partial charge in [0.05, 0.1) is 25.0 Å². The molecule has 3 N–H and O–H groups in total. The van der Waals surface area contributed by atoms with Crippen molar-refractivity contribution in [1.29, 1.82) is 0 Å². The number of benzene rings is 3. The number of nitrogens with one attached hydrogen (secondary N) is 1. The molecule has 0 aromatic heterocycles. The fourth-order valence-electron chi connectivity index (χ4n) is 5.56. The molecule has 4 rings (SSSR count). The normalized spacial score (nSPS) is 17.9. The standard InChI is InChI=1S/C32H37NO4.ClH/c1-31(2,30(35)36)25-17-15-24(16-18-25)29(34)14-9-21-33-22-19-28(20-23-33)32(37,26-10-5-3-6-11-26)27-12-7-4-8-13-27;/h3-8,10-13,15-18,28,37H,9,14,19-23H2,1-2H3,(H,35,36);1H. The van der Waals surface area contributed by atoms with Gasteiger partial charge in [-0.15, -0.1) is 0 Å². The van der Waals surface area contributed by atoms with Crippen LogP contribution in [0.25, 0.3) is 0 Å². The van der Waals surface area contributed by atoms with Crippen molar-refractivity contribution >= 4 is 11.8 Å². The van der Waals surface area contributed by atoms with Crippen molar-refractivity contribution in [1.82, 2.24) is 0 Å². The number of quaternary nitrogens is 1. The summed E-state index contributed by atoms with van der Waals surface area (Å²) in [5.74, 6) is -0.656. The van der Waals surface area contributed by atoms with Crippen LogP contribution in [0, 0.1) is 5.92 Å². The van der Waals surface area contributed by atoms with Gasteiger partial charge in [0.1, 0.15) is 5.60 Å². The van der Waals surface area contributed by atoms with Crippen molar-refractivity contribution in [2.75, 3.05) is 19.6 Å². The summed E-state index contributed by atoms with van der Waals surface area (Å²) in [6, 6.07) is 27.0. The van der Waals surface area contributed by atoms with Gasteiger partial charge in [0.2, 0.25) is 0 Å². The van der Waals surface area contributed by atoms with Crippen LogP contribution in [-0.4, -0.2) is 41.6 Å². The third kappa shape index (κ3) is 6.35. The van der Waals surface area contributed by atoms with Crippen LogP contribution < -0.4 is 17.3 Å². The summed E-state index contributed by atoms with van der Waals surface area (Å²) in [4.78, 5) is 25.7. The molecule has 0 spiro atoms. The molecule has 3 aromatic rings. The molecule has 6 heteroatoms. The largest absolute Gasteiger partial charge is 1.00 e. The van der Waals surface area contributed by atoms with E-state index in [4.69, 9.17) is 0 Å². The predicted octanol–water partition coefficient (Wildman–Crippen LogP) is 1.25. The van der Waals surface area contributed by atoms with E-state index in [1.54, 1.807) is 38.1 Å². The van der Waals surface area contributed by atoms with Crippen molar-refractivity contribution < 1.29 is 37.1 Å². The number of ketones is 1. The van der Waals surface area contributed by atoms with E-state index in [1.807, 2.05) is 60.7 Å². The second-order valence-corrected chi connectivity index (χ2v) is 10.8. The van der Waals surface area contributed by atoms with Gasteiger partial charge in [0.15, 0.2) is 5.78 Å². The fraction of sp³-hybridized carbons (Fsp3) is 0.375. The Hall–Kier alpha value is -2.99.